The number of carbonyl (C=O) groups excluding carboxylic acids is 1. The summed E-state index contributed by atoms with van der Waals surface area (Å²) >= 11 is 1.97. The van der Waals surface area contributed by atoms with Gasteiger partial charge in [-0.3, -0.25) is 14.6 Å². The van der Waals surface area contributed by atoms with E-state index in [0.29, 0.717) is 3.57 Å². The molecule has 0 fully saturated rings. The fourth-order valence-electron chi connectivity index (χ4n) is 2.33. The average molecular weight is 501 g/mol. The van der Waals surface area contributed by atoms with Crippen molar-refractivity contribution in [3.05, 3.63) is 64.4 Å². The van der Waals surface area contributed by atoms with Crippen molar-refractivity contribution >= 4 is 50.8 Å². The summed E-state index contributed by atoms with van der Waals surface area (Å²) in [7, 11) is 0. The maximum Gasteiger partial charge on any atom is 0.312 e. The number of benzene rings is 1. The number of carbonyl (C=O) groups is 1. The molecule has 0 radical (unpaired) electrons. The summed E-state index contributed by atoms with van der Waals surface area (Å²) in [5.41, 5.74) is 2.12. The number of hydrogen-bond acceptors (Lipinski definition) is 6. The lowest BCUT2D eigenvalue weighted by atomic mass is 10.2. The van der Waals surface area contributed by atoms with Crippen LogP contribution < -0.4 is 10.8 Å². The molecule has 2 heterocycles. The minimum atomic E-state index is -0.789. The highest BCUT2D eigenvalue weighted by Gasteiger charge is 2.24. The third-order valence-corrected chi connectivity index (χ3v) is 4.21. The van der Waals surface area contributed by atoms with E-state index in [1.165, 1.54) is 24.6 Å². The van der Waals surface area contributed by atoms with Crippen LogP contribution in [0.2, 0.25) is 0 Å². The molecule has 2 aromatic heterocycles. The van der Waals surface area contributed by atoms with E-state index in [4.69, 9.17) is 14.0 Å². The molecule has 7 nitrogen and oxygen atoms in total. The monoisotopic (exact) mass is 501 g/mol. The standard InChI is InChI=1S/C18H14F2IN3O4/c1-2-26-5-6-27-24-18(25)17-15(11-8-22-9-13(20)16(11)28-17)23-14-4-3-10(21)7-12(14)19/h2-4,7-9,23H,1,5-6H2,(H,24,25). The lowest BCUT2D eigenvalue weighted by Gasteiger charge is -2.09. The number of rotatable bonds is 8. The Labute approximate surface area is 171 Å². The Kier molecular flexibility index (Phi) is 6.41. The number of pyridine rings is 1. The molecular weight excluding hydrogens is 487 g/mol. The molecule has 0 bridgehead atoms. The van der Waals surface area contributed by atoms with E-state index in [0.717, 1.165) is 6.20 Å². The lowest BCUT2D eigenvalue weighted by molar-refractivity contribution is 0.0129. The number of aromatic nitrogens is 1. The van der Waals surface area contributed by atoms with Crippen LogP contribution in [0.4, 0.5) is 20.2 Å². The summed E-state index contributed by atoms with van der Waals surface area (Å²) in [6.45, 7) is 3.59. The Morgan fingerprint density at radius 2 is 2.11 bits per heavy atom. The zero-order valence-corrected chi connectivity index (χ0v) is 16.5. The second-order valence-electron chi connectivity index (χ2n) is 5.37. The molecule has 0 atom stereocenters. The minimum absolute atomic E-state index is 0.0441. The van der Waals surface area contributed by atoms with E-state index in [2.05, 4.69) is 22.4 Å². The summed E-state index contributed by atoms with van der Waals surface area (Å²) < 4.78 is 39.2. The average Bonchev–Trinajstić information content (AvgIpc) is 3.04. The molecule has 2 N–H and O–H groups in total. The highest BCUT2D eigenvalue weighted by molar-refractivity contribution is 14.1. The van der Waals surface area contributed by atoms with Crippen molar-refractivity contribution in [1.29, 1.82) is 0 Å². The fraction of sp³-hybridized carbons (Fsp3) is 0.111. The van der Waals surface area contributed by atoms with Crippen molar-refractivity contribution in [1.82, 2.24) is 10.5 Å². The molecule has 28 heavy (non-hydrogen) atoms. The van der Waals surface area contributed by atoms with E-state index in [1.54, 1.807) is 6.07 Å². The summed E-state index contributed by atoms with van der Waals surface area (Å²) in [5.74, 6) is -2.38. The number of ether oxygens (including phenoxy) is 1. The maximum atomic E-state index is 14.2. The zero-order valence-electron chi connectivity index (χ0n) is 14.3. The molecule has 3 aromatic rings. The number of nitrogens with one attached hydrogen (secondary N) is 2. The van der Waals surface area contributed by atoms with Crippen LogP contribution in [0.1, 0.15) is 10.6 Å². The SMILES string of the molecule is C=COCCONC(=O)c1oc2c(F)cncc2c1Nc1ccc(I)cc1F. The number of hydrogen-bond donors (Lipinski definition) is 2. The lowest BCUT2D eigenvalue weighted by Crippen LogP contribution is -2.25. The first-order valence-electron chi connectivity index (χ1n) is 7.94. The van der Waals surface area contributed by atoms with Gasteiger partial charge in [0.1, 0.15) is 24.7 Å². The first kappa shape index (κ1) is 20.0. The quantitative estimate of drug-likeness (QED) is 0.208. The highest BCUT2D eigenvalue weighted by atomic mass is 127. The topological polar surface area (TPSA) is 85.6 Å². The number of amides is 1. The van der Waals surface area contributed by atoms with Crippen LogP contribution in [0.5, 0.6) is 0 Å². The van der Waals surface area contributed by atoms with Crippen molar-refractivity contribution in [3.8, 4) is 0 Å². The van der Waals surface area contributed by atoms with Crippen LogP contribution >= 0.6 is 22.6 Å². The van der Waals surface area contributed by atoms with Crippen LogP contribution in [0.15, 0.2) is 47.9 Å². The molecule has 10 heteroatoms. The van der Waals surface area contributed by atoms with Gasteiger partial charge in [0.25, 0.3) is 0 Å². The smallest absolute Gasteiger partial charge is 0.312 e. The van der Waals surface area contributed by atoms with Crippen molar-refractivity contribution in [3.63, 3.8) is 0 Å². The second kappa shape index (κ2) is 8.97. The van der Waals surface area contributed by atoms with Crippen LogP contribution in [-0.2, 0) is 9.57 Å². The molecule has 0 saturated heterocycles. The van der Waals surface area contributed by atoms with Gasteiger partial charge >= 0.3 is 5.91 Å². The molecule has 0 saturated carbocycles. The predicted octanol–water partition coefficient (Wildman–Crippen LogP) is 4.28. The Hall–Kier alpha value is -2.73. The normalized spacial score (nSPS) is 10.7. The van der Waals surface area contributed by atoms with Crippen LogP contribution in [-0.4, -0.2) is 24.1 Å². The van der Waals surface area contributed by atoms with Gasteiger partial charge < -0.3 is 14.5 Å². The summed E-state index contributed by atoms with van der Waals surface area (Å²) in [6.07, 6.45) is 3.49. The van der Waals surface area contributed by atoms with E-state index < -0.39 is 17.5 Å². The van der Waals surface area contributed by atoms with Crippen molar-refractivity contribution in [2.75, 3.05) is 18.5 Å². The molecular formula is C18H14F2IN3O4. The van der Waals surface area contributed by atoms with Gasteiger partial charge in [0.05, 0.1) is 23.5 Å². The molecule has 1 amide bonds. The van der Waals surface area contributed by atoms with Crippen LogP contribution in [0.3, 0.4) is 0 Å². The highest BCUT2D eigenvalue weighted by Crippen LogP contribution is 2.34. The van der Waals surface area contributed by atoms with Gasteiger partial charge in [0.2, 0.25) is 5.76 Å². The summed E-state index contributed by atoms with van der Waals surface area (Å²) in [4.78, 5) is 21.2. The van der Waals surface area contributed by atoms with E-state index in [-0.39, 0.29) is 41.3 Å². The van der Waals surface area contributed by atoms with Crippen molar-refractivity contribution < 1.29 is 27.6 Å². The Balaban J connectivity index is 1.92. The summed E-state index contributed by atoms with van der Waals surface area (Å²) in [6, 6.07) is 4.48. The first-order valence-corrected chi connectivity index (χ1v) is 9.02. The van der Waals surface area contributed by atoms with Gasteiger partial charge in [0.15, 0.2) is 11.4 Å². The van der Waals surface area contributed by atoms with Crippen molar-refractivity contribution in [2.24, 2.45) is 0 Å². The first-order chi connectivity index (χ1) is 13.5. The van der Waals surface area contributed by atoms with Gasteiger partial charge in [-0.1, -0.05) is 6.58 Å². The molecule has 3 rings (SSSR count). The number of furan rings is 1. The van der Waals surface area contributed by atoms with Crippen LogP contribution in [0.25, 0.3) is 11.0 Å². The molecule has 0 aliphatic rings. The van der Waals surface area contributed by atoms with E-state index in [1.807, 2.05) is 22.6 Å². The molecule has 0 unspecified atom stereocenters. The van der Waals surface area contributed by atoms with E-state index >= 15 is 0 Å². The fourth-order valence-corrected chi connectivity index (χ4v) is 2.78. The van der Waals surface area contributed by atoms with Crippen molar-refractivity contribution in [2.45, 2.75) is 0 Å². The third-order valence-electron chi connectivity index (χ3n) is 3.54. The zero-order chi connectivity index (χ0) is 20.1. The van der Waals surface area contributed by atoms with Crippen LogP contribution in [0, 0.1) is 15.2 Å². The molecule has 0 aliphatic heterocycles. The number of hydroxylamine groups is 1. The molecule has 0 spiro atoms. The van der Waals surface area contributed by atoms with Gasteiger partial charge in [-0.05, 0) is 40.8 Å². The van der Waals surface area contributed by atoms with Gasteiger partial charge in [-0.15, -0.1) is 0 Å². The predicted molar refractivity (Wildman–Crippen MR) is 106 cm³/mol. The minimum Gasteiger partial charge on any atom is -0.499 e. The largest absolute Gasteiger partial charge is 0.499 e. The Morgan fingerprint density at radius 1 is 1.29 bits per heavy atom. The Bertz CT molecular complexity index is 1030. The molecule has 146 valence electrons. The summed E-state index contributed by atoms with van der Waals surface area (Å²) in [5, 5.41) is 2.96. The van der Waals surface area contributed by atoms with Gasteiger partial charge in [-0.25, -0.2) is 14.3 Å². The number of fused-ring (bicyclic) bond motifs is 1. The molecule has 0 aliphatic carbocycles. The van der Waals surface area contributed by atoms with E-state index in [9.17, 15) is 13.6 Å². The Morgan fingerprint density at radius 3 is 2.86 bits per heavy atom. The number of nitrogens with zero attached hydrogens (tertiary/aromatic N) is 1. The van der Waals surface area contributed by atoms with Gasteiger partial charge in [0, 0.05) is 9.77 Å². The number of halogens is 3. The van der Waals surface area contributed by atoms with Gasteiger partial charge in [-0.2, -0.15) is 0 Å². The maximum absolute atomic E-state index is 14.2. The molecule has 1 aromatic carbocycles. The third kappa shape index (κ3) is 4.39. The second-order valence-corrected chi connectivity index (χ2v) is 6.62. The number of anilines is 2.